The molecule has 0 saturated carbocycles. The lowest BCUT2D eigenvalue weighted by atomic mass is 10.1. The molecule has 0 aliphatic carbocycles. The minimum absolute atomic E-state index is 0.135. The molecule has 0 aliphatic heterocycles. The van der Waals surface area contributed by atoms with E-state index in [1.807, 2.05) is 18.2 Å². The molecular formula is C13H13NO3. The van der Waals surface area contributed by atoms with E-state index in [0.717, 1.165) is 11.3 Å². The van der Waals surface area contributed by atoms with Crippen molar-refractivity contribution in [2.24, 2.45) is 0 Å². The number of hydrogen-bond acceptors (Lipinski definition) is 3. The van der Waals surface area contributed by atoms with E-state index in [1.165, 1.54) is 6.07 Å². The van der Waals surface area contributed by atoms with Gasteiger partial charge >= 0.3 is 0 Å². The van der Waals surface area contributed by atoms with Gasteiger partial charge in [0.25, 0.3) is 0 Å². The Bertz CT molecular complexity index is 553. The molecule has 4 heteroatoms. The van der Waals surface area contributed by atoms with Gasteiger partial charge in [-0.05, 0) is 18.2 Å². The number of pyridine rings is 1. The molecule has 88 valence electrons. The van der Waals surface area contributed by atoms with Gasteiger partial charge in [-0.15, -0.1) is 0 Å². The molecule has 0 aliphatic rings. The highest BCUT2D eigenvalue weighted by atomic mass is 16.5. The Balaban J connectivity index is 2.54. The van der Waals surface area contributed by atoms with Crippen molar-refractivity contribution in [1.29, 1.82) is 0 Å². The predicted molar refractivity (Wildman–Crippen MR) is 65.6 cm³/mol. The first-order valence-corrected chi connectivity index (χ1v) is 5.15. The summed E-state index contributed by atoms with van der Waals surface area (Å²) in [4.78, 5) is 14.0. The van der Waals surface area contributed by atoms with Crippen molar-refractivity contribution in [2.45, 2.75) is 0 Å². The quantitative estimate of drug-likeness (QED) is 0.879. The highest BCUT2D eigenvalue weighted by Crippen LogP contribution is 2.27. The number of aromatic amines is 1. The molecule has 1 aromatic carbocycles. The van der Waals surface area contributed by atoms with Gasteiger partial charge in [-0.25, -0.2) is 0 Å². The summed E-state index contributed by atoms with van der Waals surface area (Å²) in [6.45, 7) is 0. The molecule has 0 unspecified atom stereocenters. The number of H-pyrrole nitrogens is 1. The second-order valence-corrected chi connectivity index (χ2v) is 3.53. The summed E-state index contributed by atoms with van der Waals surface area (Å²) in [7, 11) is 3.18. The van der Waals surface area contributed by atoms with Crippen LogP contribution in [0, 0.1) is 0 Å². The van der Waals surface area contributed by atoms with Crippen LogP contribution in [0.2, 0.25) is 0 Å². The third-order valence-corrected chi connectivity index (χ3v) is 2.43. The molecule has 1 heterocycles. The van der Waals surface area contributed by atoms with Crippen LogP contribution in [0.4, 0.5) is 0 Å². The van der Waals surface area contributed by atoms with Crippen LogP contribution in [0.3, 0.4) is 0 Å². The zero-order valence-electron chi connectivity index (χ0n) is 9.69. The molecule has 0 spiro atoms. The molecule has 2 aromatic rings. The zero-order valence-corrected chi connectivity index (χ0v) is 9.69. The Morgan fingerprint density at radius 2 is 1.65 bits per heavy atom. The van der Waals surface area contributed by atoms with Crippen molar-refractivity contribution < 1.29 is 9.47 Å². The summed E-state index contributed by atoms with van der Waals surface area (Å²) in [6.07, 6.45) is 0. The lowest BCUT2D eigenvalue weighted by Crippen LogP contribution is -2.03. The fourth-order valence-electron chi connectivity index (χ4n) is 1.58. The van der Waals surface area contributed by atoms with Crippen molar-refractivity contribution in [3.63, 3.8) is 0 Å². The SMILES string of the molecule is COc1cc(OC)cc(-c2cccc(=O)[nH]2)c1. The van der Waals surface area contributed by atoms with Crippen LogP contribution in [-0.2, 0) is 0 Å². The Labute approximate surface area is 98.8 Å². The average molecular weight is 231 g/mol. The summed E-state index contributed by atoms with van der Waals surface area (Å²) in [6, 6.07) is 10.5. The number of rotatable bonds is 3. The fourth-order valence-corrected chi connectivity index (χ4v) is 1.58. The number of ether oxygens (including phenoxy) is 2. The Kier molecular flexibility index (Phi) is 3.14. The largest absolute Gasteiger partial charge is 0.497 e. The molecule has 1 aromatic heterocycles. The minimum Gasteiger partial charge on any atom is -0.497 e. The minimum atomic E-state index is -0.135. The Morgan fingerprint density at radius 3 is 2.18 bits per heavy atom. The van der Waals surface area contributed by atoms with E-state index >= 15 is 0 Å². The van der Waals surface area contributed by atoms with Crippen molar-refractivity contribution in [1.82, 2.24) is 4.98 Å². The summed E-state index contributed by atoms with van der Waals surface area (Å²) < 4.78 is 10.4. The molecule has 17 heavy (non-hydrogen) atoms. The second kappa shape index (κ2) is 4.74. The summed E-state index contributed by atoms with van der Waals surface area (Å²) in [5.74, 6) is 1.37. The van der Waals surface area contributed by atoms with Gasteiger partial charge in [-0.1, -0.05) is 6.07 Å². The zero-order chi connectivity index (χ0) is 12.3. The van der Waals surface area contributed by atoms with E-state index in [4.69, 9.17) is 9.47 Å². The van der Waals surface area contributed by atoms with Crippen LogP contribution in [0.25, 0.3) is 11.3 Å². The number of benzene rings is 1. The summed E-state index contributed by atoms with van der Waals surface area (Å²) in [5.41, 5.74) is 1.44. The van der Waals surface area contributed by atoms with Crippen molar-refractivity contribution in [2.75, 3.05) is 14.2 Å². The van der Waals surface area contributed by atoms with Crippen molar-refractivity contribution >= 4 is 0 Å². The molecule has 0 saturated heterocycles. The molecule has 0 fully saturated rings. The molecule has 0 amide bonds. The van der Waals surface area contributed by atoms with E-state index in [2.05, 4.69) is 4.98 Å². The van der Waals surface area contributed by atoms with Crippen molar-refractivity contribution in [3.05, 3.63) is 46.8 Å². The normalized spacial score (nSPS) is 10.0. The van der Waals surface area contributed by atoms with Crippen molar-refractivity contribution in [3.8, 4) is 22.8 Å². The number of aromatic nitrogens is 1. The van der Waals surface area contributed by atoms with Crippen LogP contribution in [0.15, 0.2) is 41.2 Å². The summed E-state index contributed by atoms with van der Waals surface area (Å²) in [5, 5.41) is 0. The smallest absolute Gasteiger partial charge is 0.248 e. The van der Waals surface area contributed by atoms with Crippen LogP contribution < -0.4 is 15.0 Å². The first-order valence-electron chi connectivity index (χ1n) is 5.15. The van der Waals surface area contributed by atoms with Crippen LogP contribution in [0.5, 0.6) is 11.5 Å². The van der Waals surface area contributed by atoms with Gasteiger partial charge in [-0.2, -0.15) is 0 Å². The topological polar surface area (TPSA) is 51.3 Å². The lowest BCUT2D eigenvalue weighted by molar-refractivity contribution is 0.394. The first-order chi connectivity index (χ1) is 8.22. The maximum Gasteiger partial charge on any atom is 0.248 e. The summed E-state index contributed by atoms with van der Waals surface area (Å²) >= 11 is 0. The van der Waals surface area contributed by atoms with Gasteiger partial charge < -0.3 is 14.5 Å². The van der Waals surface area contributed by atoms with Gasteiger partial charge in [0.15, 0.2) is 0 Å². The van der Waals surface area contributed by atoms with Gasteiger partial charge in [0.05, 0.1) is 14.2 Å². The van der Waals surface area contributed by atoms with E-state index in [1.54, 1.807) is 26.4 Å². The molecule has 0 atom stereocenters. The molecule has 4 nitrogen and oxygen atoms in total. The molecular weight excluding hydrogens is 218 g/mol. The fraction of sp³-hybridized carbons (Fsp3) is 0.154. The predicted octanol–water partition coefficient (Wildman–Crippen LogP) is 2.06. The lowest BCUT2D eigenvalue weighted by Gasteiger charge is -2.08. The maximum atomic E-state index is 11.3. The third-order valence-electron chi connectivity index (χ3n) is 2.43. The second-order valence-electron chi connectivity index (χ2n) is 3.53. The Morgan fingerprint density at radius 1 is 1.00 bits per heavy atom. The first kappa shape index (κ1) is 11.3. The number of hydrogen-bond donors (Lipinski definition) is 1. The third kappa shape index (κ3) is 2.47. The van der Waals surface area contributed by atoms with E-state index in [9.17, 15) is 4.79 Å². The number of nitrogens with one attached hydrogen (secondary N) is 1. The van der Waals surface area contributed by atoms with E-state index in [-0.39, 0.29) is 5.56 Å². The van der Waals surface area contributed by atoms with Gasteiger partial charge in [0, 0.05) is 23.4 Å². The van der Waals surface area contributed by atoms with E-state index < -0.39 is 0 Å². The monoisotopic (exact) mass is 231 g/mol. The molecule has 0 radical (unpaired) electrons. The number of methoxy groups -OCH3 is 2. The Hall–Kier alpha value is -2.23. The average Bonchev–Trinajstić information content (AvgIpc) is 2.38. The van der Waals surface area contributed by atoms with Crippen LogP contribution in [0.1, 0.15) is 0 Å². The highest BCUT2D eigenvalue weighted by Gasteiger charge is 2.04. The van der Waals surface area contributed by atoms with Crippen LogP contribution in [-0.4, -0.2) is 19.2 Å². The molecule has 2 rings (SSSR count). The highest BCUT2D eigenvalue weighted by molar-refractivity contribution is 5.63. The molecule has 1 N–H and O–H groups in total. The van der Waals surface area contributed by atoms with Crippen LogP contribution >= 0.6 is 0 Å². The van der Waals surface area contributed by atoms with Gasteiger partial charge in [0.1, 0.15) is 11.5 Å². The standard InChI is InChI=1S/C13H13NO3/c1-16-10-6-9(7-11(8-10)17-2)12-4-3-5-13(15)14-12/h3-8H,1-2H3,(H,14,15). The van der Waals surface area contributed by atoms with E-state index in [0.29, 0.717) is 11.5 Å². The molecule has 0 bridgehead atoms. The maximum absolute atomic E-state index is 11.3. The van der Waals surface area contributed by atoms with Gasteiger partial charge in [-0.3, -0.25) is 4.79 Å². The van der Waals surface area contributed by atoms with Gasteiger partial charge in [0.2, 0.25) is 5.56 Å².